The van der Waals surface area contributed by atoms with E-state index in [0.717, 1.165) is 22.4 Å². The highest BCUT2D eigenvalue weighted by Crippen LogP contribution is 2.32. The molecule has 2 unspecified atom stereocenters. The standard InChI is InChI=1S/C14H17BrCl2/c15-12-4-2-1-3-10(8-12)7-11-9-13(16)5-6-14(11)17/h5-6,9-10,12H,1-4,7-8H2. The van der Waals surface area contributed by atoms with Crippen LogP contribution in [0.1, 0.15) is 37.7 Å². The largest absolute Gasteiger partial charge is 0.0891 e. The van der Waals surface area contributed by atoms with Gasteiger partial charge in [0.15, 0.2) is 0 Å². The van der Waals surface area contributed by atoms with E-state index in [-0.39, 0.29) is 0 Å². The average molecular weight is 336 g/mol. The van der Waals surface area contributed by atoms with Crippen molar-refractivity contribution in [2.45, 2.75) is 43.4 Å². The molecule has 0 amide bonds. The van der Waals surface area contributed by atoms with Crippen LogP contribution in [-0.2, 0) is 6.42 Å². The maximum absolute atomic E-state index is 6.22. The summed E-state index contributed by atoms with van der Waals surface area (Å²) in [5, 5.41) is 1.64. The average Bonchev–Trinajstić information content (AvgIpc) is 2.48. The zero-order valence-electron chi connectivity index (χ0n) is 9.76. The molecule has 0 radical (unpaired) electrons. The van der Waals surface area contributed by atoms with Crippen molar-refractivity contribution in [2.24, 2.45) is 5.92 Å². The van der Waals surface area contributed by atoms with Gasteiger partial charge in [-0.05, 0) is 48.9 Å². The van der Waals surface area contributed by atoms with Gasteiger partial charge < -0.3 is 0 Å². The Balaban J connectivity index is 2.06. The molecule has 2 atom stereocenters. The maximum Gasteiger partial charge on any atom is 0.0439 e. The number of benzene rings is 1. The van der Waals surface area contributed by atoms with Crippen LogP contribution in [0, 0.1) is 5.92 Å². The minimum atomic E-state index is 0.674. The zero-order valence-corrected chi connectivity index (χ0v) is 12.9. The van der Waals surface area contributed by atoms with E-state index in [1.165, 1.54) is 37.7 Å². The molecule has 0 aromatic heterocycles. The van der Waals surface area contributed by atoms with E-state index in [4.69, 9.17) is 23.2 Å². The Morgan fingerprint density at radius 3 is 2.76 bits per heavy atom. The van der Waals surface area contributed by atoms with E-state index in [1.54, 1.807) is 0 Å². The molecule has 0 heterocycles. The van der Waals surface area contributed by atoms with Crippen molar-refractivity contribution < 1.29 is 0 Å². The fourth-order valence-corrected chi connectivity index (χ4v) is 3.83. The lowest BCUT2D eigenvalue weighted by molar-refractivity contribution is 0.464. The lowest BCUT2D eigenvalue weighted by Gasteiger charge is -2.17. The van der Waals surface area contributed by atoms with Gasteiger partial charge in [-0.15, -0.1) is 0 Å². The summed E-state index contributed by atoms with van der Waals surface area (Å²) in [6.45, 7) is 0. The molecule has 17 heavy (non-hydrogen) atoms. The summed E-state index contributed by atoms with van der Waals surface area (Å²) >= 11 is 16.0. The first-order valence-corrected chi connectivity index (χ1v) is 7.90. The first kappa shape index (κ1) is 13.7. The van der Waals surface area contributed by atoms with E-state index < -0.39 is 0 Å². The molecule has 1 aromatic rings. The Hall–Kier alpha value is 0.280. The molecule has 1 fully saturated rings. The molecule has 0 bridgehead atoms. The third kappa shape index (κ3) is 4.15. The molecule has 0 aliphatic heterocycles. The summed E-state index contributed by atoms with van der Waals surface area (Å²) in [4.78, 5) is 0.674. The van der Waals surface area contributed by atoms with Gasteiger partial charge in [0.1, 0.15) is 0 Å². The highest BCUT2D eigenvalue weighted by Gasteiger charge is 2.19. The molecule has 0 saturated heterocycles. The lowest BCUT2D eigenvalue weighted by atomic mass is 9.92. The summed E-state index contributed by atoms with van der Waals surface area (Å²) in [6.07, 6.45) is 7.61. The normalized spacial score (nSPS) is 25.6. The minimum absolute atomic E-state index is 0.674. The van der Waals surface area contributed by atoms with Gasteiger partial charge in [-0.3, -0.25) is 0 Å². The molecule has 1 saturated carbocycles. The van der Waals surface area contributed by atoms with Crippen molar-refractivity contribution in [1.82, 2.24) is 0 Å². The summed E-state index contributed by atoms with van der Waals surface area (Å²) < 4.78 is 0. The van der Waals surface area contributed by atoms with Crippen LogP contribution >= 0.6 is 39.1 Å². The Labute approximate surface area is 122 Å². The molecular formula is C14H17BrCl2. The predicted molar refractivity (Wildman–Crippen MR) is 79.5 cm³/mol. The quantitative estimate of drug-likeness (QED) is 0.467. The zero-order chi connectivity index (χ0) is 12.3. The fraction of sp³-hybridized carbons (Fsp3) is 0.571. The topological polar surface area (TPSA) is 0 Å². The number of hydrogen-bond donors (Lipinski definition) is 0. The number of alkyl halides is 1. The van der Waals surface area contributed by atoms with Gasteiger partial charge in [-0.1, -0.05) is 58.4 Å². The Morgan fingerprint density at radius 2 is 1.94 bits per heavy atom. The van der Waals surface area contributed by atoms with Crippen molar-refractivity contribution in [1.29, 1.82) is 0 Å². The molecule has 1 aliphatic rings. The molecule has 2 rings (SSSR count). The predicted octanol–water partition coefficient (Wildman–Crippen LogP) is 5.88. The number of hydrogen-bond acceptors (Lipinski definition) is 0. The van der Waals surface area contributed by atoms with Crippen LogP contribution in [-0.4, -0.2) is 4.83 Å². The van der Waals surface area contributed by atoms with E-state index >= 15 is 0 Å². The van der Waals surface area contributed by atoms with Crippen LogP contribution in [0.15, 0.2) is 18.2 Å². The van der Waals surface area contributed by atoms with Gasteiger partial charge >= 0.3 is 0 Å². The van der Waals surface area contributed by atoms with E-state index in [2.05, 4.69) is 15.9 Å². The van der Waals surface area contributed by atoms with Crippen LogP contribution in [0.4, 0.5) is 0 Å². The Morgan fingerprint density at radius 1 is 1.18 bits per heavy atom. The second-order valence-corrected chi connectivity index (χ2v) is 7.06. The molecule has 0 N–H and O–H groups in total. The van der Waals surface area contributed by atoms with Crippen LogP contribution in [0.5, 0.6) is 0 Å². The van der Waals surface area contributed by atoms with Crippen molar-refractivity contribution in [2.75, 3.05) is 0 Å². The first-order valence-electron chi connectivity index (χ1n) is 6.23. The van der Waals surface area contributed by atoms with E-state index in [1.807, 2.05) is 18.2 Å². The van der Waals surface area contributed by atoms with Gasteiger partial charge in [0.2, 0.25) is 0 Å². The van der Waals surface area contributed by atoms with Gasteiger partial charge in [0, 0.05) is 14.9 Å². The van der Waals surface area contributed by atoms with E-state index in [0.29, 0.717) is 4.83 Å². The first-order chi connectivity index (χ1) is 8.15. The van der Waals surface area contributed by atoms with Gasteiger partial charge in [-0.2, -0.15) is 0 Å². The Kier molecular flexibility index (Phi) is 5.20. The lowest BCUT2D eigenvalue weighted by Crippen LogP contribution is -2.08. The fourth-order valence-electron chi connectivity index (χ4n) is 2.59. The molecule has 1 aromatic carbocycles. The highest BCUT2D eigenvalue weighted by molar-refractivity contribution is 9.09. The van der Waals surface area contributed by atoms with Crippen LogP contribution in [0.3, 0.4) is 0 Å². The summed E-state index contributed by atoms with van der Waals surface area (Å²) in [6, 6.07) is 5.77. The molecule has 94 valence electrons. The number of halogens is 3. The molecule has 0 nitrogen and oxygen atoms in total. The summed E-state index contributed by atoms with van der Waals surface area (Å²) in [7, 11) is 0. The second kappa shape index (κ2) is 6.45. The van der Waals surface area contributed by atoms with E-state index in [9.17, 15) is 0 Å². The summed E-state index contributed by atoms with van der Waals surface area (Å²) in [5.41, 5.74) is 1.20. The molecule has 3 heteroatoms. The van der Waals surface area contributed by atoms with Crippen molar-refractivity contribution >= 4 is 39.1 Å². The third-order valence-corrected chi connectivity index (χ3v) is 4.92. The smallest absolute Gasteiger partial charge is 0.0439 e. The van der Waals surface area contributed by atoms with Crippen molar-refractivity contribution in [3.63, 3.8) is 0 Å². The monoisotopic (exact) mass is 334 g/mol. The van der Waals surface area contributed by atoms with Crippen molar-refractivity contribution in [3.05, 3.63) is 33.8 Å². The molecular weight excluding hydrogens is 319 g/mol. The van der Waals surface area contributed by atoms with Gasteiger partial charge in [-0.25, -0.2) is 0 Å². The third-order valence-electron chi connectivity index (χ3n) is 3.49. The van der Waals surface area contributed by atoms with Crippen LogP contribution in [0.25, 0.3) is 0 Å². The Bertz CT molecular complexity index is 378. The van der Waals surface area contributed by atoms with Crippen LogP contribution < -0.4 is 0 Å². The summed E-state index contributed by atoms with van der Waals surface area (Å²) in [5.74, 6) is 0.734. The van der Waals surface area contributed by atoms with Gasteiger partial charge in [0.05, 0.1) is 0 Å². The molecule has 0 spiro atoms. The van der Waals surface area contributed by atoms with Crippen LogP contribution in [0.2, 0.25) is 10.0 Å². The SMILES string of the molecule is Clc1ccc(Cl)c(CC2CCCCC(Br)C2)c1. The highest BCUT2D eigenvalue weighted by atomic mass is 79.9. The maximum atomic E-state index is 6.22. The minimum Gasteiger partial charge on any atom is -0.0891 e. The molecule has 1 aliphatic carbocycles. The number of rotatable bonds is 2. The van der Waals surface area contributed by atoms with Gasteiger partial charge in [0.25, 0.3) is 0 Å². The second-order valence-electron chi connectivity index (χ2n) is 4.92. The van der Waals surface area contributed by atoms with Crippen molar-refractivity contribution in [3.8, 4) is 0 Å².